The Morgan fingerprint density at radius 1 is 0.909 bits per heavy atom. The summed E-state index contributed by atoms with van der Waals surface area (Å²) < 4.78 is 2.98. The van der Waals surface area contributed by atoms with Gasteiger partial charge < -0.3 is 14.4 Å². The second-order valence-electron chi connectivity index (χ2n) is 9.07. The highest BCUT2D eigenvalue weighted by Crippen LogP contribution is 2.25. The number of aryl methyl sites for hydroxylation is 1. The van der Waals surface area contributed by atoms with Gasteiger partial charge in [-0.2, -0.15) is 0 Å². The highest BCUT2D eigenvalue weighted by atomic mass is 16.2. The van der Waals surface area contributed by atoms with Crippen molar-refractivity contribution in [3.63, 3.8) is 0 Å². The van der Waals surface area contributed by atoms with Crippen molar-refractivity contribution in [1.82, 2.24) is 33.9 Å². The molecule has 10 heteroatoms. The largest absolute Gasteiger partial charge is 0.341 e. The van der Waals surface area contributed by atoms with Crippen molar-refractivity contribution < 1.29 is 0 Å². The number of pyridine rings is 1. The number of piperidine rings is 1. The molecule has 0 atom stereocenters. The van der Waals surface area contributed by atoms with E-state index in [2.05, 4.69) is 36.7 Å². The van der Waals surface area contributed by atoms with Crippen LogP contribution in [0.25, 0.3) is 11.2 Å². The predicted molar refractivity (Wildman–Crippen MR) is 127 cm³/mol. The van der Waals surface area contributed by atoms with E-state index in [0.717, 1.165) is 70.2 Å². The zero-order chi connectivity index (χ0) is 22.9. The van der Waals surface area contributed by atoms with Gasteiger partial charge in [0.05, 0.1) is 5.52 Å². The molecule has 33 heavy (non-hydrogen) atoms. The Balaban J connectivity index is 1.27. The van der Waals surface area contributed by atoms with Crippen molar-refractivity contribution in [2.75, 3.05) is 51.2 Å². The molecule has 0 saturated carbocycles. The molecular weight excluding hydrogens is 420 g/mol. The smallest absolute Gasteiger partial charge is 0.318 e. The molecule has 3 aromatic rings. The topological polar surface area (TPSA) is 92.4 Å². The van der Waals surface area contributed by atoms with Crippen LogP contribution in [0.2, 0.25) is 0 Å². The number of piperazine rings is 1. The first-order valence-electron chi connectivity index (χ1n) is 11.5. The summed E-state index contributed by atoms with van der Waals surface area (Å²) in [5, 5.41) is 0. The van der Waals surface area contributed by atoms with Crippen LogP contribution >= 0.6 is 0 Å². The molecule has 5 rings (SSSR count). The zero-order valence-corrected chi connectivity index (χ0v) is 19.2. The van der Waals surface area contributed by atoms with Crippen LogP contribution in [-0.4, -0.2) is 80.2 Å². The molecular formula is C23H30N8O2. The SMILES string of the molecule is CN1CCN(Cc2cnc(N3CCC(n4c(=O)c(=O)n(C)c5cccnc54)CC3)nc2)CC1. The lowest BCUT2D eigenvalue weighted by molar-refractivity contribution is 0.148. The van der Waals surface area contributed by atoms with Crippen LogP contribution in [0.1, 0.15) is 24.4 Å². The van der Waals surface area contributed by atoms with Crippen LogP contribution in [0.5, 0.6) is 0 Å². The van der Waals surface area contributed by atoms with Crippen LogP contribution < -0.4 is 16.0 Å². The minimum absolute atomic E-state index is 0.0726. The van der Waals surface area contributed by atoms with E-state index in [4.69, 9.17) is 0 Å². The van der Waals surface area contributed by atoms with Gasteiger partial charge in [0.1, 0.15) is 0 Å². The van der Waals surface area contributed by atoms with Gasteiger partial charge in [0.2, 0.25) is 5.95 Å². The fourth-order valence-electron chi connectivity index (χ4n) is 4.81. The maximum Gasteiger partial charge on any atom is 0.318 e. The summed E-state index contributed by atoms with van der Waals surface area (Å²) in [6, 6.07) is 3.53. The molecule has 174 valence electrons. The zero-order valence-electron chi connectivity index (χ0n) is 19.2. The Morgan fingerprint density at radius 2 is 1.61 bits per heavy atom. The maximum absolute atomic E-state index is 12.8. The van der Waals surface area contributed by atoms with Crippen molar-refractivity contribution >= 4 is 17.1 Å². The third kappa shape index (κ3) is 4.28. The van der Waals surface area contributed by atoms with E-state index in [1.54, 1.807) is 23.9 Å². The summed E-state index contributed by atoms with van der Waals surface area (Å²) in [5.41, 5.74) is 1.34. The molecule has 2 aliphatic heterocycles. The lowest BCUT2D eigenvalue weighted by atomic mass is 10.0. The number of hydrogen-bond donors (Lipinski definition) is 0. The Kier molecular flexibility index (Phi) is 5.94. The second kappa shape index (κ2) is 9.03. The molecule has 10 nitrogen and oxygen atoms in total. The number of aromatic nitrogens is 5. The summed E-state index contributed by atoms with van der Waals surface area (Å²) >= 11 is 0. The van der Waals surface area contributed by atoms with Crippen molar-refractivity contribution in [3.8, 4) is 0 Å². The van der Waals surface area contributed by atoms with Crippen molar-refractivity contribution in [2.45, 2.75) is 25.4 Å². The molecule has 0 aromatic carbocycles. The average Bonchev–Trinajstić information content (AvgIpc) is 2.85. The van der Waals surface area contributed by atoms with Gasteiger partial charge >= 0.3 is 11.1 Å². The van der Waals surface area contributed by atoms with Crippen LogP contribution in [0.3, 0.4) is 0 Å². The fraction of sp³-hybridized carbons (Fsp3) is 0.522. The van der Waals surface area contributed by atoms with E-state index in [9.17, 15) is 9.59 Å². The number of hydrogen-bond acceptors (Lipinski definition) is 8. The molecule has 0 amide bonds. The van der Waals surface area contributed by atoms with Gasteiger partial charge in [-0.05, 0) is 32.0 Å². The van der Waals surface area contributed by atoms with Crippen LogP contribution in [0.4, 0.5) is 5.95 Å². The quantitative estimate of drug-likeness (QED) is 0.530. The van der Waals surface area contributed by atoms with Gasteiger partial charge in [0.15, 0.2) is 5.65 Å². The third-order valence-corrected chi connectivity index (χ3v) is 6.87. The maximum atomic E-state index is 12.8. The number of nitrogens with zero attached hydrogens (tertiary/aromatic N) is 8. The van der Waals surface area contributed by atoms with Crippen molar-refractivity contribution in [1.29, 1.82) is 0 Å². The summed E-state index contributed by atoms with van der Waals surface area (Å²) in [6.45, 7) is 6.64. The van der Waals surface area contributed by atoms with Crippen molar-refractivity contribution in [2.24, 2.45) is 7.05 Å². The van der Waals surface area contributed by atoms with E-state index < -0.39 is 11.1 Å². The monoisotopic (exact) mass is 450 g/mol. The number of likely N-dealkylation sites (N-methyl/N-ethyl adjacent to an activating group) is 1. The van der Waals surface area contributed by atoms with E-state index in [0.29, 0.717) is 11.2 Å². The molecule has 5 heterocycles. The standard InChI is InChI=1S/C23H30N8O2/c1-27-10-12-29(13-11-27)16-17-14-25-23(26-15-17)30-8-5-18(6-9-30)31-20-19(4-3-7-24-20)28(2)21(32)22(31)33/h3-4,7,14-15,18H,5-6,8-13,16H2,1-2H3. The van der Waals surface area contributed by atoms with Crippen molar-refractivity contribution in [3.05, 3.63) is 57.0 Å². The first-order chi connectivity index (χ1) is 16.0. The van der Waals surface area contributed by atoms with E-state index in [1.807, 2.05) is 18.5 Å². The minimum Gasteiger partial charge on any atom is -0.341 e. The Hall–Kier alpha value is -3.11. The Bertz CT molecular complexity index is 1240. The van der Waals surface area contributed by atoms with E-state index in [-0.39, 0.29) is 6.04 Å². The summed E-state index contributed by atoms with van der Waals surface area (Å²) in [4.78, 5) is 45.9. The lowest BCUT2D eigenvalue weighted by Gasteiger charge is -2.33. The number of fused-ring (bicyclic) bond motifs is 1. The number of anilines is 1. The third-order valence-electron chi connectivity index (χ3n) is 6.87. The molecule has 2 aliphatic rings. The Labute approximate surface area is 192 Å². The molecule has 3 aromatic heterocycles. The molecule has 0 bridgehead atoms. The molecule has 0 N–H and O–H groups in total. The molecule has 2 fully saturated rings. The van der Waals surface area contributed by atoms with Gasteiger partial charge in [0.25, 0.3) is 0 Å². The van der Waals surface area contributed by atoms with Gasteiger partial charge in [-0.25, -0.2) is 15.0 Å². The van der Waals surface area contributed by atoms with Crippen LogP contribution in [0, 0.1) is 0 Å². The lowest BCUT2D eigenvalue weighted by Crippen LogP contribution is -2.45. The summed E-state index contributed by atoms with van der Waals surface area (Å²) in [6.07, 6.45) is 6.97. The molecule has 0 aliphatic carbocycles. The first-order valence-corrected chi connectivity index (χ1v) is 11.5. The highest BCUT2D eigenvalue weighted by Gasteiger charge is 2.26. The second-order valence-corrected chi connectivity index (χ2v) is 9.07. The number of rotatable bonds is 4. The summed E-state index contributed by atoms with van der Waals surface area (Å²) in [5.74, 6) is 0.717. The first kappa shape index (κ1) is 21.7. The van der Waals surface area contributed by atoms with E-state index >= 15 is 0 Å². The average molecular weight is 451 g/mol. The van der Waals surface area contributed by atoms with E-state index in [1.165, 1.54) is 4.57 Å². The van der Waals surface area contributed by atoms with Crippen LogP contribution in [0.15, 0.2) is 40.3 Å². The van der Waals surface area contributed by atoms with Gasteiger partial charge in [-0.15, -0.1) is 0 Å². The Morgan fingerprint density at radius 3 is 2.30 bits per heavy atom. The van der Waals surface area contributed by atoms with Gasteiger partial charge in [0, 0.05) is 83.1 Å². The molecule has 0 radical (unpaired) electrons. The van der Waals surface area contributed by atoms with Crippen LogP contribution in [-0.2, 0) is 13.6 Å². The molecule has 0 unspecified atom stereocenters. The summed E-state index contributed by atoms with van der Waals surface area (Å²) in [7, 11) is 3.77. The van der Waals surface area contributed by atoms with Gasteiger partial charge in [-0.1, -0.05) is 0 Å². The normalized spacial score (nSPS) is 18.8. The van der Waals surface area contributed by atoms with Gasteiger partial charge in [-0.3, -0.25) is 19.1 Å². The highest BCUT2D eigenvalue weighted by molar-refractivity contribution is 5.70. The predicted octanol–water partition coefficient (Wildman–Crippen LogP) is 0.474. The fourth-order valence-corrected chi connectivity index (χ4v) is 4.81. The minimum atomic E-state index is -0.516. The molecule has 2 saturated heterocycles. The molecule has 0 spiro atoms.